The second-order valence-electron chi connectivity index (χ2n) is 7.79. The zero-order valence-electron chi connectivity index (χ0n) is 18.5. The molecule has 11 heteroatoms. The van der Waals surface area contributed by atoms with Crippen molar-refractivity contribution in [2.45, 2.75) is 32.8 Å². The second-order valence-corrected chi connectivity index (χ2v) is 9.12. The van der Waals surface area contributed by atoms with Crippen LogP contribution in [0.15, 0.2) is 24.5 Å². The predicted molar refractivity (Wildman–Crippen MR) is 125 cm³/mol. The summed E-state index contributed by atoms with van der Waals surface area (Å²) in [7, 11) is 1.53. The van der Waals surface area contributed by atoms with Crippen LogP contribution in [0, 0.1) is 12.8 Å². The molecule has 33 heavy (non-hydrogen) atoms. The van der Waals surface area contributed by atoms with E-state index in [2.05, 4.69) is 32.4 Å². The largest absolute Gasteiger partial charge is 0.494 e. The topological polar surface area (TPSA) is 108 Å². The van der Waals surface area contributed by atoms with Crippen molar-refractivity contribution in [2.75, 3.05) is 25.6 Å². The van der Waals surface area contributed by atoms with Gasteiger partial charge in [0.1, 0.15) is 10.9 Å². The van der Waals surface area contributed by atoms with E-state index in [0.717, 1.165) is 25.1 Å². The van der Waals surface area contributed by atoms with Gasteiger partial charge in [0.05, 0.1) is 31.6 Å². The third-order valence-electron chi connectivity index (χ3n) is 5.29. The van der Waals surface area contributed by atoms with Crippen LogP contribution < -0.4 is 14.8 Å². The van der Waals surface area contributed by atoms with Crippen molar-refractivity contribution in [1.82, 2.24) is 20.2 Å². The Hall–Kier alpha value is -2.82. The van der Waals surface area contributed by atoms with Crippen LogP contribution in [0.2, 0.25) is 5.15 Å². The number of nitrogens with zero attached hydrogens (tertiary/aromatic N) is 4. The number of ether oxygens (including phenoxy) is 3. The molecule has 3 aromatic rings. The lowest BCUT2D eigenvalue weighted by molar-refractivity contribution is 0.102. The van der Waals surface area contributed by atoms with E-state index in [0.29, 0.717) is 51.4 Å². The fraction of sp³-hybridized carbons (Fsp3) is 0.409. The Bertz CT molecular complexity index is 1140. The Labute approximate surface area is 200 Å². The molecule has 1 saturated heterocycles. The van der Waals surface area contributed by atoms with Gasteiger partial charge in [0.2, 0.25) is 5.13 Å². The van der Waals surface area contributed by atoms with Gasteiger partial charge in [0, 0.05) is 29.6 Å². The summed E-state index contributed by atoms with van der Waals surface area (Å²) >= 11 is 7.27. The highest BCUT2D eigenvalue weighted by Gasteiger charge is 2.22. The van der Waals surface area contributed by atoms with Crippen molar-refractivity contribution >= 4 is 34.0 Å². The Morgan fingerprint density at radius 2 is 2.12 bits per heavy atom. The van der Waals surface area contributed by atoms with Crippen LogP contribution >= 0.6 is 22.9 Å². The van der Waals surface area contributed by atoms with Gasteiger partial charge >= 0.3 is 0 Å². The van der Waals surface area contributed by atoms with Crippen LogP contribution in [0.3, 0.4) is 0 Å². The molecule has 1 amide bonds. The quantitative estimate of drug-likeness (QED) is 0.463. The molecule has 0 aromatic carbocycles. The number of carbonyl (C=O) groups is 1. The van der Waals surface area contributed by atoms with Gasteiger partial charge in [0.15, 0.2) is 0 Å². The number of pyridine rings is 2. The van der Waals surface area contributed by atoms with Crippen LogP contribution in [-0.2, 0) is 4.74 Å². The molecule has 2 unspecified atom stereocenters. The summed E-state index contributed by atoms with van der Waals surface area (Å²) in [6, 6.07) is 3.45. The summed E-state index contributed by atoms with van der Waals surface area (Å²) in [5.41, 5.74) is 2.34. The summed E-state index contributed by atoms with van der Waals surface area (Å²) in [5, 5.41) is 11.8. The zero-order valence-corrected chi connectivity index (χ0v) is 20.1. The Kier molecular flexibility index (Phi) is 7.36. The average molecular weight is 490 g/mol. The van der Waals surface area contributed by atoms with Gasteiger partial charge in [-0.05, 0) is 56.1 Å². The van der Waals surface area contributed by atoms with Crippen molar-refractivity contribution in [3.63, 3.8) is 0 Å². The SMILES string of the molecule is COc1cnc(Cl)cc1-c1cc(C)ncc1C(=O)Nc1nnc(OCCC2COC(C)C2)s1. The molecular weight excluding hydrogens is 466 g/mol. The van der Waals surface area contributed by atoms with Crippen LogP contribution in [0.5, 0.6) is 10.9 Å². The Balaban J connectivity index is 1.46. The Morgan fingerprint density at radius 3 is 2.88 bits per heavy atom. The number of aromatic nitrogens is 4. The number of methoxy groups -OCH3 is 1. The number of carbonyl (C=O) groups excluding carboxylic acids is 1. The van der Waals surface area contributed by atoms with Crippen molar-refractivity contribution < 1.29 is 19.0 Å². The van der Waals surface area contributed by atoms with Crippen molar-refractivity contribution in [3.05, 3.63) is 40.9 Å². The number of amides is 1. The van der Waals surface area contributed by atoms with E-state index in [9.17, 15) is 4.79 Å². The van der Waals surface area contributed by atoms with E-state index in [1.165, 1.54) is 30.8 Å². The summed E-state index contributed by atoms with van der Waals surface area (Å²) < 4.78 is 16.7. The van der Waals surface area contributed by atoms with E-state index in [-0.39, 0.29) is 11.1 Å². The number of hydrogen-bond acceptors (Lipinski definition) is 9. The van der Waals surface area contributed by atoms with Gasteiger partial charge in [-0.2, -0.15) is 0 Å². The molecule has 1 aliphatic heterocycles. The van der Waals surface area contributed by atoms with Crippen LogP contribution in [0.25, 0.3) is 11.1 Å². The second kappa shape index (κ2) is 10.4. The number of rotatable bonds is 8. The highest BCUT2D eigenvalue weighted by molar-refractivity contribution is 7.17. The van der Waals surface area contributed by atoms with Gasteiger partial charge in [-0.25, -0.2) is 4.98 Å². The van der Waals surface area contributed by atoms with Gasteiger partial charge in [-0.3, -0.25) is 15.1 Å². The van der Waals surface area contributed by atoms with Crippen LogP contribution in [0.4, 0.5) is 5.13 Å². The first kappa shape index (κ1) is 23.3. The van der Waals surface area contributed by atoms with Crippen molar-refractivity contribution in [3.8, 4) is 22.1 Å². The first-order chi connectivity index (χ1) is 15.9. The van der Waals surface area contributed by atoms with Gasteiger partial charge in [-0.1, -0.05) is 16.7 Å². The van der Waals surface area contributed by atoms with Crippen LogP contribution in [0.1, 0.15) is 35.8 Å². The first-order valence-corrected chi connectivity index (χ1v) is 11.7. The Morgan fingerprint density at radius 1 is 1.27 bits per heavy atom. The maximum Gasteiger partial charge on any atom is 0.295 e. The number of anilines is 1. The maximum atomic E-state index is 13.1. The van der Waals surface area contributed by atoms with Crippen LogP contribution in [-0.4, -0.2) is 52.5 Å². The normalized spacial score (nSPS) is 17.7. The third-order valence-corrected chi connectivity index (χ3v) is 6.25. The minimum Gasteiger partial charge on any atom is -0.494 e. The molecule has 4 heterocycles. The summed E-state index contributed by atoms with van der Waals surface area (Å²) in [5.74, 6) is 0.609. The molecule has 0 bridgehead atoms. The molecule has 1 N–H and O–H groups in total. The van der Waals surface area contributed by atoms with Gasteiger partial charge in [0.25, 0.3) is 11.1 Å². The third kappa shape index (κ3) is 5.76. The number of aryl methyl sites for hydroxylation is 1. The molecule has 4 rings (SSSR count). The molecule has 1 aliphatic rings. The highest BCUT2D eigenvalue weighted by atomic mass is 35.5. The number of hydrogen-bond donors (Lipinski definition) is 1. The van der Waals surface area contributed by atoms with Crippen molar-refractivity contribution in [1.29, 1.82) is 0 Å². The number of nitrogens with one attached hydrogen (secondary N) is 1. The summed E-state index contributed by atoms with van der Waals surface area (Å²) in [4.78, 5) is 21.4. The molecule has 9 nitrogen and oxygen atoms in total. The zero-order chi connectivity index (χ0) is 23.4. The van der Waals surface area contributed by atoms with E-state index < -0.39 is 0 Å². The van der Waals surface area contributed by atoms with E-state index in [1.807, 2.05) is 6.92 Å². The smallest absolute Gasteiger partial charge is 0.295 e. The maximum absolute atomic E-state index is 13.1. The van der Waals surface area contributed by atoms with Gasteiger partial charge < -0.3 is 14.2 Å². The lowest BCUT2D eigenvalue weighted by Gasteiger charge is -2.13. The molecule has 0 saturated carbocycles. The molecule has 0 radical (unpaired) electrons. The molecule has 3 aromatic heterocycles. The lowest BCUT2D eigenvalue weighted by atomic mass is 10.0. The minimum atomic E-state index is -0.382. The molecule has 2 atom stereocenters. The fourth-order valence-corrected chi connectivity index (χ4v) is 4.43. The average Bonchev–Trinajstić information content (AvgIpc) is 3.42. The fourth-order valence-electron chi connectivity index (χ4n) is 3.66. The summed E-state index contributed by atoms with van der Waals surface area (Å²) in [6.07, 6.45) is 5.27. The predicted octanol–water partition coefficient (Wildman–Crippen LogP) is 4.41. The molecule has 174 valence electrons. The minimum absolute atomic E-state index is 0.288. The highest BCUT2D eigenvalue weighted by Crippen LogP contribution is 2.34. The monoisotopic (exact) mass is 489 g/mol. The lowest BCUT2D eigenvalue weighted by Crippen LogP contribution is -2.14. The van der Waals surface area contributed by atoms with E-state index in [1.54, 1.807) is 12.1 Å². The molecule has 0 aliphatic carbocycles. The van der Waals surface area contributed by atoms with Crippen molar-refractivity contribution in [2.24, 2.45) is 5.92 Å². The molecular formula is C22H24ClN5O4S. The standard InChI is InChI=1S/C22H24ClN5O4S/c1-12-6-15(16-8-19(23)25-10-18(16)30-3)17(9-24-12)20(29)26-21-27-28-22(33-21)31-5-4-14-7-13(2)32-11-14/h6,8-10,13-14H,4-5,7,11H2,1-3H3,(H,26,27,29). The van der Waals surface area contributed by atoms with E-state index >= 15 is 0 Å². The van der Waals surface area contributed by atoms with Gasteiger partial charge in [-0.15, -0.1) is 5.10 Å². The molecule has 0 spiro atoms. The first-order valence-electron chi connectivity index (χ1n) is 10.5. The molecule has 1 fully saturated rings. The summed E-state index contributed by atoms with van der Waals surface area (Å²) in [6.45, 7) is 5.21. The number of halogens is 1. The van der Waals surface area contributed by atoms with E-state index in [4.69, 9.17) is 25.8 Å².